The summed E-state index contributed by atoms with van der Waals surface area (Å²) >= 11 is 0. The van der Waals surface area contributed by atoms with Crippen LogP contribution in [0.5, 0.6) is 5.75 Å². The summed E-state index contributed by atoms with van der Waals surface area (Å²) in [4.78, 5) is 4.31. The number of hydrogen-bond donors (Lipinski definition) is 2. The van der Waals surface area contributed by atoms with Crippen LogP contribution >= 0.6 is 0 Å². The van der Waals surface area contributed by atoms with Gasteiger partial charge in [-0.1, -0.05) is 11.6 Å². The second-order valence-electron chi connectivity index (χ2n) is 5.73. The number of ether oxygens (including phenoxy) is 1. The second kappa shape index (κ2) is 7.13. The van der Waals surface area contributed by atoms with Gasteiger partial charge in [0.2, 0.25) is 0 Å². The van der Waals surface area contributed by atoms with E-state index in [4.69, 9.17) is 10.5 Å². The fourth-order valence-corrected chi connectivity index (χ4v) is 2.40. The first-order valence-electron chi connectivity index (χ1n) is 7.84. The van der Waals surface area contributed by atoms with Gasteiger partial charge in [0, 0.05) is 6.54 Å². The summed E-state index contributed by atoms with van der Waals surface area (Å²) in [6.07, 6.45) is 5.76. The van der Waals surface area contributed by atoms with E-state index in [0.29, 0.717) is 12.5 Å². The Bertz CT molecular complexity index is 659. The van der Waals surface area contributed by atoms with Gasteiger partial charge in [-0.25, -0.2) is 9.67 Å². The number of guanidine groups is 1. The summed E-state index contributed by atoms with van der Waals surface area (Å²) in [5, 5.41) is 11.4. The third-order valence-electron chi connectivity index (χ3n) is 4.09. The predicted molar refractivity (Wildman–Crippen MR) is 88.6 cm³/mol. The molecule has 23 heavy (non-hydrogen) atoms. The van der Waals surface area contributed by atoms with Gasteiger partial charge < -0.3 is 15.8 Å². The maximum atomic E-state index is 5.87. The molecule has 7 heteroatoms. The summed E-state index contributed by atoms with van der Waals surface area (Å²) in [6, 6.07) is 7.62. The smallest absolute Gasteiger partial charge is 0.188 e. The molecule has 0 spiro atoms. The van der Waals surface area contributed by atoms with Crippen molar-refractivity contribution in [3.8, 4) is 11.4 Å². The molecule has 1 aromatic heterocycles. The number of aliphatic imine (C=N–C) groups is 1. The maximum absolute atomic E-state index is 5.87. The van der Waals surface area contributed by atoms with Gasteiger partial charge in [-0.15, -0.1) is 5.10 Å². The van der Waals surface area contributed by atoms with Crippen LogP contribution in [0.1, 0.15) is 25.0 Å². The van der Waals surface area contributed by atoms with E-state index in [2.05, 4.69) is 20.6 Å². The highest BCUT2D eigenvalue weighted by molar-refractivity contribution is 5.77. The Labute approximate surface area is 135 Å². The fourth-order valence-electron chi connectivity index (χ4n) is 2.40. The van der Waals surface area contributed by atoms with Crippen molar-refractivity contribution in [2.24, 2.45) is 16.6 Å². The van der Waals surface area contributed by atoms with E-state index >= 15 is 0 Å². The van der Waals surface area contributed by atoms with Gasteiger partial charge in [0.25, 0.3) is 0 Å². The van der Waals surface area contributed by atoms with Crippen molar-refractivity contribution in [1.29, 1.82) is 0 Å². The average molecular weight is 314 g/mol. The van der Waals surface area contributed by atoms with Gasteiger partial charge in [-0.3, -0.25) is 0 Å². The van der Waals surface area contributed by atoms with E-state index in [9.17, 15) is 0 Å². The molecular weight excluding hydrogens is 292 g/mol. The van der Waals surface area contributed by atoms with Crippen molar-refractivity contribution in [1.82, 2.24) is 20.3 Å². The standard InChI is InChI=1S/C16H22N6O/c1-23-15-7-5-14(6-8-15)22-11-13(20-21-22)10-19-16(17)18-9-12-3-2-4-12/h5-8,11-12H,2-4,9-10H2,1H3,(H3,17,18,19). The van der Waals surface area contributed by atoms with Crippen LogP contribution in [0.25, 0.3) is 5.69 Å². The van der Waals surface area contributed by atoms with Gasteiger partial charge in [-0.2, -0.15) is 0 Å². The first-order valence-corrected chi connectivity index (χ1v) is 7.84. The molecule has 1 saturated carbocycles. The molecule has 7 nitrogen and oxygen atoms in total. The highest BCUT2D eigenvalue weighted by Crippen LogP contribution is 2.24. The van der Waals surface area contributed by atoms with Crippen LogP contribution in [-0.2, 0) is 6.54 Å². The summed E-state index contributed by atoms with van der Waals surface area (Å²) in [5.74, 6) is 2.03. The normalized spacial score (nSPS) is 15.3. The Kier molecular flexibility index (Phi) is 4.75. The van der Waals surface area contributed by atoms with Crippen LogP contribution in [0.4, 0.5) is 0 Å². The van der Waals surface area contributed by atoms with E-state index < -0.39 is 0 Å². The molecule has 3 N–H and O–H groups in total. The number of aromatic nitrogens is 3. The zero-order chi connectivity index (χ0) is 16.1. The predicted octanol–water partition coefficient (Wildman–Crippen LogP) is 1.48. The highest BCUT2D eigenvalue weighted by atomic mass is 16.5. The molecule has 0 radical (unpaired) electrons. The van der Waals surface area contributed by atoms with E-state index in [0.717, 1.165) is 29.6 Å². The summed E-state index contributed by atoms with van der Waals surface area (Å²) in [5.41, 5.74) is 7.56. The number of nitrogens with zero attached hydrogens (tertiary/aromatic N) is 4. The fraction of sp³-hybridized carbons (Fsp3) is 0.438. The summed E-state index contributed by atoms with van der Waals surface area (Å²) in [7, 11) is 1.64. The lowest BCUT2D eigenvalue weighted by Crippen LogP contribution is -2.37. The molecule has 1 aliphatic rings. The maximum Gasteiger partial charge on any atom is 0.188 e. The van der Waals surface area contributed by atoms with Crippen LogP contribution in [-0.4, -0.2) is 34.6 Å². The van der Waals surface area contributed by atoms with E-state index in [1.165, 1.54) is 19.3 Å². The Hall–Kier alpha value is -2.57. The van der Waals surface area contributed by atoms with Crippen LogP contribution in [0, 0.1) is 5.92 Å². The number of benzene rings is 1. The second-order valence-corrected chi connectivity index (χ2v) is 5.73. The number of methoxy groups -OCH3 is 1. The lowest BCUT2D eigenvalue weighted by Gasteiger charge is -2.25. The van der Waals surface area contributed by atoms with Crippen molar-refractivity contribution >= 4 is 5.96 Å². The summed E-state index contributed by atoms with van der Waals surface area (Å²) in [6.45, 7) is 1.33. The van der Waals surface area contributed by atoms with Gasteiger partial charge in [0.1, 0.15) is 11.4 Å². The van der Waals surface area contributed by atoms with Gasteiger partial charge in [0.05, 0.1) is 25.5 Å². The van der Waals surface area contributed by atoms with E-state index in [1.54, 1.807) is 11.8 Å². The highest BCUT2D eigenvalue weighted by Gasteiger charge is 2.16. The van der Waals surface area contributed by atoms with Crippen molar-refractivity contribution in [2.45, 2.75) is 25.8 Å². The van der Waals surface area contributed by atoms with Crippen LogP contribution in [0.2, 0.25) is 0 Å². The Morgan fingerprint density at radius 2 is 2.17 bits per heavy atom. The molecule has 0 unspecified atom stereocenters. The minimum absolute atomic E-state index is 0.416. The Morgan fingerprint density at radius 3 is 2.83 bits per heavy atom. The monoisotopic (exact) mass is 314 g/mol. The van der Waals surface area contributed by atoms with Gasteiger partial charge in [0.15, 0.2) is 5.96 Å². The van der Waals surface area contributed by atoms with E-state index in [1.807, 2.05) is 30.5 Å². The molecule has 1 aliphatic carbocycles. The molecule has 122 valence electrons. The first-order chi connectivity index (χ1) is 11.2. The lowest BCUT2D eigenvalue weighted by molar-refractivity contribution is 0.315. The zero-order valence-corrected chi connectivity index (χ0v) is 13.3. The molecule has 1 fully saturated rings. The minimum Gasteiger partial charge on any atom is -0.497 e. The minimum atomic E-state index is 0.416. The molecule has 1 heterocycles. The Morgan fingerprint density at radius 1 is 1.39 bits per heavy atom. The third-order valence-corrected chi connectivity index (χ3v) is 4.09. The third kappa shape index (κ3) is 4.00. The van der Waals surface area contributed by atoms with Crippen molar-refractivity contribution < 1.29 is 4.74 Å². The van der Waals surface area contributed by atoms with Crippen molar-refractivity contribution in [3.63, 3.8) is 0 Å². The molecular formula is C16H22N6O. The number of hydrogen-bond acceptors (Lipinski definition) is 4. The van der Waals surface area contributed by atoms with Crippen LogP contribution in [0.15, 0.2) is 35.5 Å². The molecule has 0 saturated heterocycles. The molecule has 0 amide bonds. The van der Waals surface area contributed by atoms with Crippen molar-refractivity contribution in [3.05, 3.63) is 36.2 Å². The molecule has 3 rings (SSSR count). The average Bonchev–Trinajstić information content (AvgIpc) is 3.00. The zero-order valence-electron chi connectivity index (χ0n) is 13.3. The molecule has 0 atom stereocenters. The summed E-state index contributed by atoms with van der Waals surface area (Å²) < 4.78 is 6.85. The van der Waals surface area contributed by atoms with Gasteiger partial charge >= 0.3 is 0 Å². The molecule has 0 bridgehead atoms. The van der Waals surface area contributed by atoms with Crippen LogP contribution in [0.3, 0.4) is 0 Å². The SMILES string of the molecule is COc1ccc(-n2cc(CN=C(N)NCC3CCC3)nn2)cc1. The number of nitrogens with two attached hydrogens (primary N) is 1. The Balaban J connectivity index is 1.55. The topological polar surface area (TPSA) is 90.3 Å². The molecule has 0 aliphatic heterocycles. The van der Waals surface area contributed by atoms with Crippen molar-refractivity contribution in [2.75, 3.05) is 13.7 Å². The van der Waals surface area contributed by atoms with Crippen LogP contribution < -0.4 is 15.8 Å². The lowest BCUT2D eigenvalue weighted by atomic mass is 9.85. The van der Waals surface area contributed by atoms with E-state index in [-0.39, 0.29) is 0 Å². The molecule has 1 aromatic carbocycles. The molecule has 2 aromatic rings. The quantitative estimate of drug-likeness (QED) is 0.622. The number of nitrogens with one attached hydrogen (secondary N) is 1. The largest absolute Gasteiger partial charge is 0.497 e. The van der Waals surface area contributed by atoms with Gasteiger partial charge in [-0.05, 0) is 43.0 Å². The first kappa shape index (κ1) is 15.3. The number of rotatable bonds is 6.